The highest BCUT2D eigenvalue weighted by Gasteiger charge is 2.18. The van der Waals surface area contributed by atoms with E-state index in [-0.39, 0.29) is 25.9 Å². The van der Waals surface area contributed by atoms with E-state index < -0.39 is 12.0 Å². The molecule has 0 aliphatic carbocycles. The van der Waals surface area contributed by atoms with E-state index in [0.717, 1.165) is 22.3 Å². The Bertz CT molecular complexity index is 1780. The first kappa shape index (κ1) is 34.4. The van der Waals surface area contributed by atoms with Gasteiger partial charge in [0.15, 0.2) is 0 Å². The number of hydrogen-bond donors (Lipinski definition) is 0. The van der Waals surface area contributed by atoms with E-state index in [1.807, 2.05) is 79.7 Å². The summed E-state index contributed by atoms with van der Waals surface area (Å²) in [5, 5.41) is 2.37. The van der Waals surface area contributed by atoms with Crippen molar-refractivity contribution in [2.24, 2.45) is 4.99 Å². The molecule has 248 valence electrons. The summed E-state index contributed by atoms with van der Waals surface area (Å²) in [4.78, 5) is 21.9. The molecule has 0 aliphatic rings. The van der Waals surface area contributed by atoms with Crippen molar-refractivity contribution in [3.8, 4) is 5.75 Å². The molecule has 1 heterocycles. The minimum absolute atomic E-state index is 0.183. The van der Waals surface area contributed by atoms with Gasteiger partial charge in [0.2, 0.25) is 0 Å². The van der Waals surface area contributed by atoms with Crippen LogP contribution in [0.5, 0.6) is 5.75 Å². The smallest absolute Gasteiger partial charge is 0.330 e. The van der Waals surface area contributed by atoms with Crippen LogP contribution in [0.3, 0.4) is 0 Å². The molecule has 8 nitrogen and oxygen atoms in total. The van der Waals surface area contributed by atoms with Gasteiger partial charge in [0.05, 0.1) is 32.1 Å². The van der Waals surface area contributed by atoms with E-state index in [1.54, 1.807) is 26.4 Å². The van der Waals surface area contributed by atoms with Gasteiger partial charge >= 0.3 is 5.97 Å². The zero-order valence-corrected chi connectivity index (χ0v) is 27.7. The van der Waals surface area contributed by atoms with Gasteiger partial charge in [-0.1, -0.05) is 97.1 Å². The molecule has 5 aromatic rings. The normalized spacial score (nSPS) is 12.6. The molecule has 1 aromatic heterocycles. The van der Waals surface area contributed by atoms with Gasteiger partial charge in [-0.15, -0.1) is 0 Å². The number of rotatable bonds is 17. The van der Waals surface area contributed by atoms with E-state index in [9.17, 15) is 4.79 Å². The summed E-state index contributed by atoms with van der Waals surface area (Å²) in [6.45, 7) is 5.48. The van der Waals surface area contributed by atoms with Gasteiger partial charge in [0, 0.05) is 30.6 Å². The number of nitrogens with zero attached hydrogens (tertiary/aromatic N) is 2. The number of esters is 1. The van der Waals surface area contributed by atoms with E-state index in [2.05, 4.69) is 40.3 Å². The third kappa shape index (κ3) is 10.1. The first-order valence-corrected chi connectivity index (χ1v) is 16.0. The number of hydrogen-bond acceptors (Lipinski definition) is 8. The number of aromatic nitrogens is 1. The topological polar surface area (TPSA) is 88.5 Å². The van der Waals surface area contributed by atoms with Crippen molar-refractivity contribution in [2.75, 3.05) is 20.3 Å². The van der Waals surface area contributed by atoms with E-state index in [0.29, 0.717) is 36.8 Å². The molecule has 2 atom stereocenters. The predicted octanol–water partition coefficient (Wildman–Crippen LogP) is 7.42. The van der Waals surface area contributed by atoms with Gasteiger partial charge in [-0.25, -0.2) is 4.79 Å². The van der Waals surface area contributed by atoms with Gasteiger partial charge in [-0.3, -0.25) is 9.98 Å². The second-order valence-corrected chi connectivity index (χ2v) is 11.5. The second-order valence-electron chi connectivity index (χ2n) is 11.5. The Labute approximate surface area is 282 Å². The van der Waals surface area contributed by atoms with E-state index in [4.69, 9.17) is 23.7 Å². The lowest BCUT2D eigenvalue weighted by Gasteiger charge is -2.20. The molecule has 0 N–H and O–H groups in total. The lowest BCUT2D eigenvalue weighted by atomic mass is 10.1. The first-order valence-electron chi connectivity index (χ1n) is 16.0. The largest absolute Gasteiger partial charge is 0.488 e. The number of benzene rings is 4. The van der Waals surface area contributed by atoms with Crippen LogP contribution >= 0.6 is 0 Å². The average Bonchev–Trinajstić information content (AvgIpc) is 3.13. The molecule has 0 bridgehead atoms. The van der Waals surface area contributed by atoms with Crippen LogP contribution in [0.15, 0.2) is 114 Å². The highest BCUT2D eigenvalue weighted by Crippen LogP contribution is 2.26. The van der Waals surface area contributed by atoms with Crippen molar-refractivity contribution in [1.29, 1.82) is 0 Å². The molecule has 0 amide bonds. The maximum atomic E-state index is 12.8. The Kier molecular flexibility index (Phi) is 12.8. The molecule has 0 radical (unpaired) electrons. The van der Waals surface area contributed by atoms with Crippen LogP contribution in [0.25, 0.3) is 10.8 Å². The SMILES string of the molecule is CO[C@@H](COCc1ccc2ccccc2c1)COc1c(C)ncc(COCc2ccccc2)c1C=NC(C)C(=O)OCc1ccccc1. The molecular formula is C40H42N2O6. The van der Waals surface area contributed by atoms with Crippen molar-refractivity contribution in [1.82, 2.24) is 4.98 Å². The Morgan fingerprint density at radius 1 is 0.771 bits per heavy atom. The lowest BCUT2D eigenvalue weighted by Crippen LogP contribution is -2.26. The summed E-state index contributed by atoms with van der Waals surface area (Å²) in [7, 11) is 1.64. The average molecular weight is 647 g/mol. The number of carbonyl (C=O) groups excluding carboxylic acids is 1. The molecule has 48 heavy (non-hydrogen) atoms. The molecule has 0 spiro atoms. The Morgan fingerprint density at radius 3 is 2.17 bits per heavy atom. The van der Waals surface area contributed by atoms with Crippen LogP contribution in [0, 0.1) is 6.92 Å². The number of ether oxygens (including phenoxy) is 5. The van der Waals surface area contributed by atoms with Crippen molar-refractivity contribution < 1.29 is 28.5 Å². The minimum atomic E-state index is -0.733. The Hall–Kier alpha value is -4.89. The highest BCUT2D eigenvalue weighted by molar-refractivity contribution is 5.88. The molecule has 8 heteroatoms. The van der Waals surface area contributed by atoms with Gasteiger partial charge in [0.1, 0.15) is 31.1 Å². The van der Waals surface area contributed by atoms with Gasteiger partial charge in [0.25, 0.3) is 0 Å². The van der Waals surface area contributed by atoms with Gasteiger partial charge in [-0.05, 0) is 47.4 Å². The summed E-state index contributed by atoms with van der Waals surface area (Å²) in [6, 6.07) is 33.3. The molecule has 0 fully saturated rings. The fraction of sp³-hybridized carbons (Fsp3) is 0.275. The van der Waals surface area contributed by atoms with E-state index in [1.165, 1.54) is 10.8 Å². The number of pyridine rings is 1. The number of aliphatic imine (C=N–C) groups is 1. The lowest BCUT2D eigenvalue weighted by molar-refractivity contribution is -0.145. The molecule has 5 rings (SSSR count). The fourth-order valence-corrected chi connectivity index (χ4v) is 5.03. The van der Waals surface area contributed by atoms with E-state index >= 15 is 0 Å². The third-order valence-corrected chi connectivity index (χ3v) is 7.83. The van der Waals surface area contributed by atoms with Gasteiger partial charge in [-0.2, -0.15) is 0 Å². The zero-order valence-electron chi connectivity index (χ0n) is 27.7. The standard InChI is InChI=1S/C40H42N2O6/c1-29-39(47-28-37(44-3)27-46-24-33-18-19-34-16-10-11-17-35(34)20-33)38(36(21-41-29)26-45-23-31-12-6-4-7-13-31)22-42-30(2)40(43)48-25-32-14-8-5-9-15-32/h4-22,30,37H,23-28H2,1-3H3/t30?,37-/m0/s1. The number of aryl methyl sites for hydroxylation is 1. The molecule has 4 aromatic carbocycles. The maximum Gasteiger partial charge on any atom is 0.330 e. The summed E-state index contributed by atoms with van der Waals surface area (Å²) in [5.41, 5.74) is 5.20. The Balaban J connectivity index is 1.26. The van der Waals surface area contributed by atoms with Crippen molar-refractivity contribution in [3.63, 3.8) is 0 Å². The summed E-state index contributed by atoms with van der Waals surface area (Å²) in [5.74, 6) is 0.120. The summed E-state index contributed by atoms with van der Waals surface area (Å²) in [6.07, 6.45) is 3.07. The monoisotopic (exact) mass is 646 g/mol. The van der Waals surface area contributed by atoms with Crippen LogP contribution < -0.4 is 4.74 Å². The van der Waals surface area contributed by atoms with Gasteiger partial charge < -0.3 is 23.7 Å². The van der Waals surface area contributed by atoms with Crippen molar-refractivity contribution in [3.05, 3.63) is 143 Å². The second kappa shape index (κ2) is 17.9. The molecule has 0 saturated carbocycles. The minimum Gasteiger partial charge on any atom is -0.488 e. The van der Waals surface area contributed by atoms with Crippen LogP contribution in [-0.4, -0.2) is 49.6 Å². The van der Waals surface area contributed by atoms with Crippen LogP contribution in [0.4, 0.5) is 0 Å². The number of carbonyl (C=O) groups is 1. The van der Waals surface area contributed by atoms with Crippen LogP contribution in [-0.2, 0) is 50.2 Å². The zero-order chi connectivity index (χ0) is 33.6. The molecule has 1 unspecified atom stereocenters. The van der Waals surface area contributed by atoms with Crippen LogP contribution in [0.1, 0.15) is 40.4 Å². The Morgan fingerprint density at radius 2 is 1.44 bits per heavy atom. The van der Waals surface area contributed by atoms with Crippen molar-refractivity contribution in [2.45, 2.75) is 52.4 Å². The maximum absolute atomic E-state index is 12.8. The summed E-state index contributed by atoms with van der Waals surface area (Å²) < 4.78 is 29.7. The first-order chi connectivity index (χ1) is 23.5. The molecule has 0 saturated heterocycles. The van der Waals surface area contributed by atoms with Crippen LogP contribution in [0.2, 0.25) is 0 Å². The highest BCUT2D eigenvalue weighted by atomic mass is 16.6. The van der Waals surface area contributed by atoms with Crippen molar-refractivity contribution >= 4 is 23.0 Å². The number of fused-ring (bicyclic) bond motifs is 1. The fourth-order valence-electron chi connectivity index (χ4n) is 5.03. The molecular weight excluding hydrogens is 604 g/mol. The predicted molar refractivity (Wildman–Crippen MR) is 187 cm³/mol. The molecule has 0 aliphatic heterocycles. The summed E-state index contributed by atoms with van der Waals surface area (Å²) >= 11 is 0. The quantitative estimate of drug-likeness (QED) is 0.0767. The number of methoxy groups -OCH3 is 1. The third-order valence-electron chi connectivity index (χ3n) is 7.83.